The minimum atomic E-state index is -0.0414. The third kappa shape index (κ3) is 3.22. The molecule has 2 atom stereocenters. The fraction of sp³-hybridized carbons (Fsp3) is 0.391. The maximum Gasteiger partial charge on any atom is 0.266 e. The molecule has 6 heteroatoms. The van der Waals surface area contributed by atoms with Crippen LogP contribution in [0.2, 0.25) is 0 Å². The highest BCUT2D eigenvalue weighted by atomic mass is 16.5. The molecule has 1 N–H and O–H groups in total. The van der Waals surface area contributed by atoms with Crippen molar-refractivity contribution in [3.63, 3.8) is 0 Å². The highest BCUT2D eigenvalue weighted by Gasteiger charge is 2.37. The molecular weight excluding hydrogens is 364 g/mol. The van der Waals surface area contributed by atoms with Gasteiger partial charge in [-0.1, -0.05) is 24.3 Å². The second-order valence-corrected chi connectivity index (χ2v) is 7.80. The maximum atomic E-state index is 13.6. The lowest BCUT2D eigenvalue weighted by Crippen LogP contribution is -2.51. The summed E-state index contributed by atoms with van der Waals surface area (Å²) in [4.78, 5) is 21.0. The molecular formula is C23H26N4O2. The molecule has 2 aromatic carbocycles. The van der Waals surface area contributed by atoms with Gasteiger partial charge in [0.15, 0.2) is 0 Å². The van der Waals surface area contributed by atoms with Crippen molar-refractivity contribution in [2.45, 2.75) is 38.4 Å². The molecule has 1 aromatic heterocycles. The predicted octanol–water partition coefficient (Wildman–Crippen LogP) is 2.72. The van der Waals surface area contributed by atoms with Crippen LogP contribution in [0.15, 0.2) is 53.3 Å². The van der Waals surface area contributed by atoms with E-state index >= 15 is 0 Å². The van der Waals surface area contributed by atoms with E-state index in [-0.39, 0.29) is 5.56 Å². The Morgan fingerprint density at radius 1 is 1.07 bits per heavy atom. The van der Waals surface area contributed by atoms with Gasteiger partial charge in [-0.05, 0) is 44.0 Å². The van der Waals surface area contributed by atoms with E-state index < -0.39 is 0 Å². The number of hydrogen-bond acceptors (Lipinski definition) is 5. The fourth-order valence-electron chi connectivity index (χ4n) is 4.74. The number of piperazine rings is 1. The molecule has 0 unspecified atom stereocenters. The van der Waals surface area contributed by atoms with Crippen LogP contribution in [-0.2, 0) is 6.54 Å². The SMILES string of the molecule is CCOc1ccccc1-n1c(CN2[C@@H]3CC[C@H]2CNC3)nc2ccccc2c1=O. The van der Waals surface area contributed by atoms with Crippen LogP contribution in [0.4, 0.5) is 0 Å². The van der Waals surface area contributed by atoms with Gasteiger partial charge in [0.25, 0.3) is 5.56 Å². The first-order valence-corrected chi connectivity index (χ1v) is 10.5. The number of para-hydroxylation sites is 3. The topological polar surface area (TPSA) is 59.4 Å². The molecule has 5 rings (SSSR count). The van der Waals surface area contributed by atoms with Crippen molar-refractivity contribution < 1.29 is 4.74 Å². The smallest absolute Gasteiger partial charge is 0.266 e. The molecule has 3 aromatic rings. The van der Waals surface area contributed by atoms with Gasteiger partial charge in [0.1, 0.15) is 11.6 Å². The number of aromatic nitrogens is 2. The lowest BCUT2D eigenvalue weighted by molar-refractivity contribution is 0.140. The summed E-state index contributed by atoms with van der Waals surface area (Å²) in [5, 5.41) is 4.16. The van der Waals surface area contributed by atoms with Gasteiger partial charge in [0, 0.05) is 25.2 Å². The number of ether oxygens (including phenoxy) is 1. The Bertz CT molecular complexity index is 1080. The molecule has 29 heavy (non-hydrogen) atoms. The van der Waals surface area contributed by atoms with Crippen LogP contribution in [0.5, 0.6) is 5.75 Å². The Kier molecular flexibility index (Phi) is 4.81. The Morgan fingerprint density at radius 3 is 2.59 bits per heavy atom. The molecule has 6 nitrogen and oxygen atoms in total. The number of rotatable bonds is 5. The summed E-state index contributed by atoms with van der Waals surface area (Å²) in [5.41, 5.74) is 1.47. The van der Waals surface area contributed by atoms with Crippen LogP contribution < -0.4 is 15.6 Å². The van der Waals surface area contributed by atoms with E-state index in [0.717, 1.165) is 30.1 Å². The highest BCUT2D eigenvalue weighted by Crippen LogP contribution is 2.30. The molecule has 2 fully saturated rings. The number of benzene rings is 2. The molecule has 2 aliphatic heterocycles. The van der Waals surface area contributed by atoms with Crippen molar-refractivity contribution in [1.82, 2.24) is 19.8 Å². The predicted molar refractivity (Wildman–Crippen MR) is 114 cm³/mol. The maximum absolute atomic E-state index is 13.6. The van der Waals surface area contributed by atoms with Gasteiger partial charge >= 0.3 is 0 Å². The van der Waals surface area contributed by atoms with Crippen molar-refractivity contribution in [3.8, 4) is 11.4 Å². The van der Waals surface area contributed by atoms with E-state index in [4.69, 9.17) is 9.72 Å². The summed E-state index contributed by atoms with van der Waals surface area (Å²) in [7, 11) is 0. The minimum Gasteiger partial charge on any atom is -0.492 e. The summed E-state index contributed by atoms with van der Waals surface area (Å²) in [6.45, 7) is 5.17. The minimum absolute atomic E-state index is 0.0414. The van der Waals surface area contributed by atoms with E-state index in [1.54, 1.807) is 4.57 Å². The zero-order chi connectivity index (χ0) is 19.8. The van der Waals surface area contributed by atoms with Crippen LogP contribution in [0.3, 0.4) is 0 Å². The zero-order valence-corrected chi connectivity index (χ0v) is 16.7. The van der Waals surface area contributed by atoms with E-state index in [9.17, 15) is 4.79 Å². The molecule has 0 radical (unpaired) electrons. The van der Waals surface area contributed by atoms with Crippen LogP contribution >= 0.6 is 0 Å². The Morgan fingerprint density at radius 2 is 1.79 bits per heavy atom. The molecule has 0 aliphatic carbocycles. The van der Waals surface area contributed by atoms with Gasteiger partial charge < -0.3 is 10.1 Å². The third-order valence-corrected chi connectivity index (χ3v) is 6.11. The monoisotopic (exact) mass is 390 g/mol. The molecule has 2 saturated heterocycles. The van der Waals surface area contributed by atoms with Crippen molar-refractivity contribution >= 4 is 10.9 Å². The molecule has 0 saturated carbocycles. The van der Waals surface area contributed by atoms with Gasteiger partial charge in [-0.15, -0.1) is 0 Å². The van der Waals surface area contributed by atoms with Gasteiger partial charge in [-0.25, -0.2) is 4.98 Å². The normalized spacial score (nSPS) is 21.6. The first kappa shape index (κ1) is 18.3. The lowest BCUT2D eigenvalue weighted by atomic mass is 10.2. The number of fused-ring (bicyclic) bond motifs is 3. The molecule has 3 heterocycles. The molecule has 150 valence electrons. The first-order valence-electron chi connectivity index (χ1n) is 10.5. The van der Waals surface area contributed by atoms with Crippen molar-refractivity contribution in [3.05, 3.63) is 64.7 Å². The summed E-state index contributed by atoms with van der Waals surface area (Å²) in [6.07, 6.45) is 2.40. The molecule has 2 bridgehead atoms. The Balaban J connectivity index is 1.69. The Labute approximate surface area is 170 Å². The zero-order valence-electron chi connectivity index (χ0n) is 16.7. The van der Waals surface area contributed by atoms with E-state index in [1.807, 2.05) is 55.5 Å². The van der Waals surface area contributed by atoms with E-state index in [1.165, 1.54) is 12.8 Å². The average molecular weight is 390 g/mol. The summed E-state index contributed by atoms with van der Waals surface area (Å²) >= 11 is 0. The quantitative estimate of drug-likeness (QED) is 0.726. The second kappa shape index (κ2) is 7.61. The average Bonchev–Trinajstić information content (AvgIpc) is 2.96. The van der Waals surface area contributed by atoms with Gasteiger partial charge in [0.05, 0.1) is 29.7 Å². The van der Waals surface area contributed by atoms with Gasteiger partial charge in [-0.3, -0.25) is 14.3 Å². The van der Waals surface area contributed by atoms with Crippen LogP contribution in [0, 0.1) is 0 Å². The van der Waals surface area contributed by atoms with E-state index in [2.05, 4.69) is 10.2 Å². The van der Waals surface area contributed by atoms with Crippen molar-refractivity contribution in [2.24, 2.45) is 0 Å². The molecule has 0 spiro atoms. The van der Waals surface area contributed by atoms with Gasteiger partial charge in [0.2, 0.25) is 0 Å². The molecule has 2 aliphatic rings. The molecule has 0 amide bonds. The standard InChI is InChI=1S/C23H26N4O2/c1-2-29-21-10-6-5-9-20(21)27-22(15-26-16-11-12-17(26)14-24-13-16)25-19-8-4-3-7-18(19)23(27)28/h3-10,16-17,24H,2,11-15H2,1H3/t16-,17+. The summed E-state index contributed by atoms with van der Waals surface area (Å²) in [6, 6.07) is 16.3. The Hall–Kier alpha value is -2.70. The largest absolute Gasteiger partial charge is 0.492 e. The fourth-order valence-corrected chi connectivity index (χ4v) is 4.74. The highest BCUT2D eigenvalue weighted by molar-refractivity contribution is 5.78. The van der Waals surface area contributed by atoms with Crippen molar-refractivity contribution in [2.75, 3.05) is 19.7 Å². The lowest BCUT2D eigenvalue weighted by Gasteiger charge is -2.35. The van der Waals surface area contributed by atoms with Crippen LogP contribution in [0.1, 0.15) is 25.6 Å². The van der Waals surface area contributed by atoms with Crippen LogP contribution in [-0.4, -0.2) is 46.2 Å². The van der Waals surface area contributed by atoms with Gasteiger partial charge in [-0.2, -0.15) is 0 Å². The first-order chi connectivity index (χ1) is 14.3. The number of nitrogens with one attached hydrogen (secondary N) is 1. The van der Waals surface area contributed by atoms with Crippen LogP contribution in [0.25, 0.3) is 16.6 Å². The summed E-state index contributed by atoms with van der Waals surface area (Å²) in [5.74, 6) is 1.48. The summed E-state index contributed by atoms with van der Waals surface area (Å²) < 4.78 is 7.61. The third-order valence-electron chi connectivity index (χ3n) is 6.11. The number of nitrogens with zero attached hydrogens (tertiary/aromatic N) is 3. The second-order valence-electron chi connectivity index (χ2n) is 7.80. The van der Waals surface area contributed by atoms with Crippen molar-refractivity contribution in [1.29, 1.82) is 0 Å². The number of hydrogen-bond donors (Lipinski definition) is 1. The van der Waals surface area contributed by atoms with E-state index in [0.29, 0.717) is 36.4 Å².